The molecule has 0 aliphatic rings. The summed E-state index contributed by atoms with van der Waals surface area (Å²) in [6.07, 6.45) is 5.51. The Morgan fingerprint density at radius 2 is 1.94 bits per heavy atom. The summed E-state index contributed by atoms with van der Waals surface area (Å²) in [7, 11) is 0. The molecule has 2 N–H and O–H groups in total. The first-order valence-corrected chi connectivity index (χ1v) is 5.73. The molecule has 2 aromatic rings. The normalized spacial score (nSPS) is 10.7. The number of halogens is 1. The van der Waals surface area contributed by atoms with Crippen molar-refractivity contribution in [3.8, 4) is 0 Å². The molecule has 0 saturated heterocycles. The Kier molecular flexibility index (Phi) is 3.88. The summed E-state index contributed by atoms with van der Waals surface area (Å²) < 4.78 is 14.7. The Morgan fingerprint density at radius 3 is 2.65 bits per heavy atom. The van der Waals surface area contributed by atoms with Crippen LogP contribution in [-0.2, 0) is 19.4 Å². The van der Waals surface area contributed by atoms with E-state index in [4.69, 9.17) is 5.73 Å². The van der Waals surface area contributed by atoms with Crippen molar-refractivity contribution in [1.82, 2.24) is 9.55 Å². The number of hydrogen-bond donors (Lipinski definition) is 1. The van der Waals surface area contributed by atoms with Crippen LogP contribution in [0.2, 0.25) is 0 Å². The zero-order valence-electron chi connectivity index (χ0n) is 9.64. The summed E-state index contributed by atoms with van der Waals surface area (Å²) in [4.78, 5) is 4.26. The average Bonchev–Trinajstić information content (AvgIpc) is 2.77. The van der Waals surface area contributed by atoms with E-state index in [1.165, 1.54) is 12.1 Å². The van der Waals surface area contributed by atoms with Gasteiger partial charge >= 0.3 is 0 Å². The molecule has 0 amide bonds. The highest BCUT2D eigenvalue weighted by atomic mass is 19.1. The molecule has 1 aromatic carbocycles. The van der Waals surface area contributed by atoms with Crippen LogP contribution in [0, 0.1) is 5.82 Å². The summed E-state index contributed by atoms with van der Waals surface area (Å²) in [6.45, 7) is 1.47. The smallest absolute Gasteiger partial charge is 0.123 e. The van der Waals surface area contributed by atoms with Crippen molar-refractivity contribution in [2.24, 2.45) is 5.73 Å². The molecule has 0 aliphatic heterocycles. The molecule has 1 heterocycles. The number of aryl methyl sites for hydroxylation is 2. The van der Waals surface area contributed by atoms with Crippen LogP contribution in [-0.4, -0.2) is 16.1 Å². The Balaban J connectivity index is 1.90. The molecule has 4 heteroatoms. The van der Waals surface area contributed by atoms with Gasteiger partial charge in [-0.3, -0.25) is 0 Å². The first-order valence-electron chi connectivity index (χ1n) is 5.73. The van der Waals surface area contributed by atoms with E-state index < -0.39 is 0 Å². The Hall–Kier alpha value is -1.68. The highest BCUT2D eigenvalue weighted by Crippen LogP contribution is 2.05. The highest BCUT2D eigenvalue weighted by Gasteiger charge is 1.99. The third-order valence-corrected chi connectivity index (χ3v) is 2.66. The molecule has 0 aliphatic carbocycles. The second kappa shape index (κ2) is 5.59. The molecule has 0 unspecified atom stereocenters. The summed E-state index contributed by atoms with van der Waals surface area (Å²) >= 11 is 0. The molecule has 90 valence electrons. The van der Waals surface area contributed by atoms with Gasteiger partial charge in [-0.15, -0.1) is 0 Å². The van der Waals surface area contributed by atoms with E-state index in [0.29, 0.717) is 6.54 Å². The van der Waals surface area contributed by atoms with Crippen LogP contribution in [0.5, 0.6) is 0 Å². The van der Waals surface area contributed by atoms with Crippen LogP contribution in [0.4, 0.5) is 4.39 Å². The average molecular weight is 233 g/mol. The van der Waals surface area contributed by atoms with E-state index in [9.17, 15) is 4.39 Å². The molecule has 0 fully saturated rings. The van der Waals surface area contributed by atoms with Crippen molar-refractivity contribution in [1.29, 1.82) is 0 Å². The van der Waals surface area contributed by atoms with Gasteiger partial charge in [0.25, 0.3) is 0 Å². The standard InChI is InChI=1S/C13H16FN3/c14-12-3-1-11(2-4-12)6-8-17-9-13(5-7-15)16-10-17/h1-4,9-10H,5-8,15H2. The quantitative estimate of drug-likeness (QED) is 0.855. The van der Waals surface area contributed by atoms with E-state index in [1.807, 2.05) is 29.2 Å². The Labute approximate surface area is 100 Å². The highest BCUT2D eigenvalue weighted by molar-refractivity contribution is 5.16. The number of nitrogens with two attached hydrogens (primary N) is 1. The largest absolute Gasteiger partial charge is 0.337 e. The van der Waals surface area contributed by atoms with E-state index in [1.54, 1.807) is 0 Å². The van der Waals surface area contributed by atoms with Crippen molar-refractivity contribution in [2.45, 2.75) is 19.4 Å². The van der Waals surface area contributed by atoms with Crippen molar-refractivity contribution in [2.75, 3.05) is 6.54 Å². The molecule has 0 bridgehead atoms. The monoisotopic (exact) mass is 233 g/mol. The zero-order valence-corrected chi connectivity index (χ0v) is 9.64. The van der Waals surface area contributed by atoms with E-state index in [-0.39, 0.29) is 5.82 Å². The van der Waals surface area contributed by atoms with Gasteiger partial charge in [0.1, 0.15) is 5.82 Å². The molecule has 2 rings (SSSR count). The molecule has 17 heavy (non-hydrogen) atoms. The fourth-order valence-electron chi connectivity index (χ4n) is 1.71. The minimum atomic E-state index is -0.193. The molecule has 0 atom stereocenters. The minimum Gasteiger partial charge on any atom is -0.337 e. The molecular formula is C13H16FN3. The van der Waals surface area contributed by atoms with Crippen LogP contribution >= 0.6 is 0 Å². The maximum absolute atomic E-state index is 12.7. The minimum absolute atomic E-state index is 0.193. The fraction of sp³-hybridized carbons (Fsp3) is 0.308. The third-order valence-electron chi connectivity index (χ3n) is 2.66. The van der Waals surface area contributed by atoms with Gasteiger partial charge in [-0.1, -0.05) is 12.1 Å². The predicted molar refractivity (Wildman–Crippen MR) is 65.1 cm³/mol. The first kappa shape index (κ1) is 11.8. The number of nitrogens with zero attached hydrogens (tertiary/aromatic N) is 2. The van der Waals surface area contributed by atoms with Crippen molar-refractivity contribution >= 4 is 0 Å². The van der Waals surface area contributed by atoms with Crippen LogP contribution < -0.4 is 5.73 Å². The van der Waals surface area contributed by atoms with Crippen molar-refractivity contribution < 1.29 is 4.39 Å². The van der Waals surface area contributed by atoms with Gasteiger partial charge in [-0.2, -0.15) is 0 Å². The summed E-state index contributed by atoms with van der Waals surface area (Å²) in [5.41, 5.74) is 7.61. The first-order chi connectivity index (χ1) is 8.28. The van der Waals surface area contributed by atoms with Crippen LogP contribution in [0.15, 0.2) is 36.8 Å². The lowest BCUT2D eigenvalue weighted by atomic mass is 10.1. The van der Waals surface area contributed by atoms with Gasteiger partial charge < -0.3 is 10.3 Å². The van der Waals surface area contributed by atoms with Crippen molar-refractivity contribution in [3.05, 3.63) is 53.9 Å². The lowest BCUT2D eigenvalue weighted by Gasteiger charge is -2.02. The number of rotatable bonds is 5. The third kappa shape index (κ3) is 3.39. The molecule has 0 radical (unpaired) electrons. The molecule has 3 nitrogen and oxygen atoms in total. The maximum Gasteiger partial charge on any atom is 0.123 e. The molecule has 0 saturated carbocycles. The van der Waals surface area contributed by atoms with Gasteiger partial charge in [0.2, 0.25) is 0 Å². The maximum atomic E-state index is 12.7. The Bertz CT molecular complexity index is 462. The van der Waals surface area contributed by atoms with E-state index in [2.05, 4.69) is 4.98 Å². The van der Waals surface area contributed by atoms with Crippen molar-refractivity contribution in [3.63, 3.8) is 0 Å². The fourth-order valence-corrected chi connectivity index (χ4v) is 1.71. The lowest BCUT2D eigenvalue weighted by Crippen LogP contribution is -2.03. The molecule has 0 spiro atoms. The second-order valence-electron chi connectivity index (χ2n) is 4.02. The number of hydrogen-bond acceptors (Lipinski definition) is 2. The molecule has 1 aromatic heterocycles. The number of aromatic nitrogens is 2. The number of benzene rings is 1. The Morgan fingerprint density at radius 1 is 1.18 bits per heavy atom. The summed E-state index contributed by atoms with van der Waals surface area (Å²) in [5.74, 6) is -0.193. The second-order valence-corrected chi connectivity index (χ2v) is 4.02. The van der Waals surface area contributed by atoms with Crippen LogP contribution in [0.3, 0.4) is 0 Å². The summed E-state index contributed by atoms with van der Waals surface area (Å²) in [6, 6.07) is 6.60. The van der Waals surface area contributed by atoms with Crippen LogP contribution in [0.1, 0.15) is 11.3 Å². The van der Waals surface area contributed by atoms with Gasteiger partial charge in [0, 0.05) is 19.2 Å². The van der Waals surface area contributed by atoms with Gasteiger partial charge in [0.15, 0.2) is 0 Å². The lowest BCUT2D eigenvalue weighted by molar-refractivity contribution is 0.625. The van der Waals surface area contributed by atoms with Crippen LogP contribution in [0.25, 0.3) is 0 Å². The zero-order chi connectivity index (χ0) is 12.1. The van der Waals surface area contributed by atoms with Gasteiger partial charge in [0.05, 0.1) is 12.0 Å². The van der Waals surface area contributed by atoms with E-state index in [0.717, 1.165) is 30.6 Å². The predicted octanol–water partition coefficient (Wildman–Crippen LogP) is 1.77. The van der Waals surface area contributed by atoms with Gasteiger partial charge in [-0.25, -0.2) is 9.37 Å². The van der Waals surface area contributed by atoms with E-state index >= 15 is 0 Å². The SMILES string of the molecule is NCCc1cn(CCc2ccc(F)cc2)cn1. The summed E-state index contributed by atoms with van der Waals surface area (Å²) in [5, 5.41) is 0. The number of imidazole rings is 1. The topological polar surface area (TPSA) is 43.8 Å². The molecular weight excluding hydrogens is 217 g/mol. The van der Waals surface area contributed by atoms with Gasteiger partial charge in [-0.05, 0) is 30.7 Å².